The van der Waals surface area contributed by atoms with Crippen molar-refractivity contribution in [1.29, 1.82) is 0 Å². The van der Waals surface area contributed by atoms with E-state index in [0.29, 0.717) is 12.8 Å². The average molecular weight is 347 g/mol. The SMILES string of the molecule is [2H]N(CCC(C)(C)CCO)[C@@H](CC(=O)O)C(=O)N[C@H](C(=O)O)C(C)C. The number of aliphatic hydroxyl groups excluding tert-OH is 1. The Morgan fingerprint density at radius 1 is 1.17 bits per heavy atom. The van der Waals surface area contributed by atoms with Crippen LogP contribution in [0.4, 0.5) is 0 Å². The van der Waals surface area contributed by atoms with E-state index in [4.69, 9.17) is 16.7 Å². The topological polar surface area (TPSA) is 136 Å². The van der Waals surface area contributed by atoms with Crippen molar-refractivity contribution >= 4 is 17.8 Å². The van der Waals surface area contributed by atoms with Crippen LogP contribution in [-0.4, -0.2) is 58.4 Å². The fourth-order valence-electron chi connectivity index (χ4n) is 2.12. The molecule has 8 heteroatoms. The molecule has 0 bridgehead atoms. The van der Waals surface area contributed by atoms with E-state index in [1.165, 1.54) is 0 Å². The summed E-state index contributed by atoms with van der Waals surface area (Å²) in [6, 6.07) is -2.44. The fourth-order valence-corrected chi connectivity index (χ4v) is 2.12. The second-order valence-corrected chi connectivity index (χ2v) is 6.98. The van der Waals surface area contributed by atoms with Gasteiger partial charge in [0.2, 0.25) is 5.91 Å². The highest BCUT2D eigenvalue weighted by Crippen LogP contribution is 2.23. The number of amides is 1. The Labute approximate surface area is 144 Å². The van der Waals surface area contributed by atoms with Crippen molar-refractivity contribution in [2.24, 2.45) is 11.3 Å². The molecule has 5 N–H and O–H groups in total. The quantitative estimate of drug-likeness (QED) is 0.345. The zero-order valence-electron chi connectivity index (χ0n) is 15.8. The molecule has 2 atom stereocenters. The molecule has 1 amide bonds. The van der Waals surface area contributed by atoms with E-state index in [1.54, 1.807) is 13.8 Å². The molecule has 0 aromatic carbocycles. The first kappa shape index (κ1) is 20.4. The van der Waals surface area contributed by atoms with Crippen LogP contribution in [0.25, 0.3) is 0 Å². The van der Waals surface area contributed by atoms with Crippen LogP contribution in [0.15, 0.2) is 0 Å². The average Bonchev–Trinajstić information content (AvgIpc) is 2.46. The summed E-state index contributed by atoms with van der Waals surface area (Å²) in [5.41, 5.74) is -0.264. The monoisotopic (exact) mass is 347 g/mol. The van der Waals surface area contributed by atoms with Gasteiger partial charge in [-0.15, -0.1) is 0 Å². The normalized spacial score (nSPS) is 15.0. The highest BCUT2D eigenvalue weighted by atomic mass is 16.4. The van der Waals surface area contributed by atoms with Crippen LogP contribution in [0.1, 0.15) is 47.0 Å². The van der Waals surface area contributed by atoms with Gasteiger partial charge in [0.15, 0.2) is 0 Å². The van der Waals surface area contributed by atoms with Crippen molar-refractivity contribution in [2.45, 2.75) is 59.0 Å². The molecule has 0 unspecified atom stereocenters. The number of carboxylic acids is 2. The molecule has 0 radical (unpaired) electrons. The Morgan fingerprint density at radius 3 is 2.17 bits per heavy atom. The summed E-state index contributed by atoms with van der Waals surface area (Å²) in [6.45, 7) is 7.18. The molecule has 0 aromatic heterocycles. The second-order valence-electron chi connectivity index (χ2n) is 6.98. The zero-order chi connectivity index (χ0) is 19.8. The van der Waals surface area contributed by atoms with E-state index in [9.17, 15) is 14.4 Å². The molecule has 0 aliphatic heterocycles. The van der Waals surface area contributed by atoms with Gasteiger partial charge in [-0.2, -0.15) is 0 Å². The Kier molecular flexibility index (Phi) is 8.70. The van der Waals surface area contributed by atoms with E-state index >= 15 is 0 Å². The maximum atomic E-state index is 12.4. The standard InChI is InChI=1S/C16H30N2O6/c1-10(2)13(15(23)24)18-14(22)11(9-12(20)21)17-7-5-16(3,4)6-8-19/h10-11,13,17,19H,5-9H2,1-4H3,(H,18,22)(H,20,21)(H,23,24)/t11-,13-/m0/s1/i/hD. The summed E-state index contributed by atoms with van der Waals surface area (Å²) in [7, 11) is 0. The van der Waals surface area contributed by atoms with Crippen molar-refractivity contribution in [3.8, 4) is 0 Å². The molecule has 0 rings (SSSR count). The largest absolute Gasteiger partial charge is 0.481 e. The number of hydrogen-bond donors (Lipinski definition) is 5. The van der Waals surface area contributed by atoms with Crippen LogP contribution in [-0.2, 0) is 14.4 Å². The third-order valence-electron chi connectivity index (χ3n) is 3.83. The molecule has 0 saturated heterocycles. The first-order chi connectivity index (χ1) is 11.4. The predicted molar refractivity (Wildman–Crippen MR) is 88.5 cm³/mol. The number of aliphatic hydroxyl groups is 1. The molecule has 0 fully saturated rings. The Morgan fingerprint density at radius 2 is 1.75 bits per heavy atom. The van der Waals surface area contributed by atoms with Gasteiger partial charge in [-0.3, -0.25) is 9.59 Å². The van der Waals surface area contributed by atoms with Gasteiger partial charge >= 0.3 is 11.9 Å². The molecular weight excluding hydrogens is 316 g/mol. The van der Waals surface area contributed by atoms with Crippen LogP contribution in [0, 0.1) is 11.3 Å². The lowest BCUT2D eigenvalue weighted by Crippen LogP contribution is -2.52. The van der Waals surface area contributed by atoms with E-state index in [1.807, 2.05) is 13.8 Å². The summed E-state index contributed by atoms with van der Waals surface area (Å²) >= 11 is 0. The van der Waals surface area contributed by atoms with Crippen molar-refractivity contribution in [3.05, 3.63) is 0 Å². The summed E-state index contributed by atoms with van der Waals surface area (Å²) in [5.74, 6) is -3.63. The molecule has 0 aromatic rings. The van der Waals surface area contributed by atoms with Gasteiger partial charge in [-0.05, 0) is 30.7 Å². The molecule has 0 saturated carbocycles. The molecule has 0 aliphatic carbocycles. The maximum Gasteiger partial charge on any atom is 0.326 e. The molecular formula is C16H30N2O6. The first-order valence-corrected chi connectivity index (χ1v) is 8.02. The first-order valence-electron chi connectivity index (χ1n) is 8.47. The third kappa shape index (κ3) is 8.83. The van der Waals surface area contributed by atoms with Crippen LogP contribution in [0.2, 0.25) is 1.41 Å². The van der Waals surface area contributed by atoms with E-state index in [-0.39, 0.29) is 24.5 Å². The second kappa shape index (κ2) is 10.2. The van der Waals surface area contributed by atoms with Gasteiger partial charge in [0.1, 0.15) is 7.45 Å². The van der Waals surface area contributed by atoms with Crippen molar-refractivity contribution < 1.29 is 31.1 Å². The number of carbonyl (C=O) groups excluding carboxylic acids is 1. The Hall–Kier alpha value is -1.67. The molecule has 0 spiro atoms. The minimum atomic E-state index is -1.29. The van der Waals surface area contributed by atoms with Gasteiger partial charge in [0.05, 0.1) is 12.5 Å². The van der Waals surface area contributed by atoms with Crippen LogP contribution in [0.5, 0.6) is 0 Å². The Bertz CT molecular complexity index is 470. The van der Waals surface area contributed by atoms with Crippen LogP contribution in [0.3, 0.4) is 0 Å². The summed E-state index contributed by atoms with van der Waals surface area (Å²) in [4.78, 5) is 34.6. The molecule has 0 heterocycles. The van der Waals surface area contributed by atoms with Gasteiger partial charge in [-0.1, -0.05) is 27.7 Å². The van der Waals surface area contributed by atoms with Crippen LogP contribution >= 0.6 is 0 Å². The number of nitrogens with one attached hydrogen (secondary N) is 2. The number of hydrogen-bond acceptors (Lipinski definition) is 5. The number of carboxylic acid groups (broad SMARTS) is 2. The number of rotatable bonds is 12. The maximum absolute atomic E-state index is 12.4. The summed E-state index contributed by atoms with van der Waals surface area (Å²) in [5, 5.41) is 30.4. The van der Waals surface area contributed by atoms with Gasteiger partial charge in [-0.25, -0.2) is 4.79 Å². The fraction of sp³-hybridized carbons (Fsp3) is 0.812. The van der Waals surface area contributed by atoms with E-state index in [2.05, 4.69) is 5.32 Å². The number of aliphatic carboxylic acids is 2. The smallest absolute Gasteiger partial charge is 0.326 e. The van der Waals surface area contributed by atoms with Gasteiger partial charge in [0.25, 0.3) is 0 Å². The van der Waals surface area contributed by atoms with Gasteiger partial charge in [0, 0.05) is 6.61 Å². The molecule has 0 aliphatic rings. The van der Waals surface area contributed by atoms with E-state index in [0.717, 1.165) is 5.31 Å². The summed E-state index contributed by atoms with van der Waals surface area (Å²) < 4.78 is 8.02. The van der Waals surface area contributed by atoms with Crippen molar-refractivity contribution in [2.75, 3.05) is 13.2 Å². The zero-order valence-corrected chi connectivity index (χ0v) is 14.8. The van der Waals surface area contributed by atoms with Gasteiger partial charge < -0.3 is 25.9 Å². The minimum Gasteiger partial charge on any atom is -0.481 e. The highest BCUT2D eigenvalue weighted by molar-refractivity contribution is 5.89. The molecule has 140 valence electrons. The third-order valence-corrected chi connectivity index (χ3v) is 3.83. The summed E-state index contributed by atoms with van der Waals surface area (Å²) in [6.07, 6.45) is 0.401. The highest BCUT2D eigenvalue weighted by Gasteiger charge is 2.29. The lowest BCUT2D eigenvalue weighted by atomic mass is 9.86. The molecule has 24 heavy (non-hydrogen) atoms. The van der Waals surface area contributed by atoms with Crippen LogP contribution < -0.4 is 10.6 Å². The number of carbonyl (C=O) groups is 3. The molecule has 8 nitrogen and oxygen atoms in total. The predicted octanol–water partition coefficient (Wildman–Crippen LogP) is 0.443. The van der Waals surface area contributed by atoms with E-state index < -0.39 is 36.4 Å². The lowest BCUT2D eigenvalue weighted by Gasteiger charge is -2.26. The Balaban J connectivity index is 5.06. The van der Waals surface area contributed by atoms with Crippen molar-refractivity contribution in [1.82, 2.24) is 10.6 Å². The lowest BCUT2D eigenvalue weighted by molar-refractivity contribution is -0.144. The minimum absolute atomic E-state index is 0.00127. The van der Waals surface area contributed by atoms with Crippen molar-refractivity contribution in [3.63, 3.8) is 0 Å².